The number of thioether (sulfide) groups is 1. The van der Waals surface area contributed by atoms with Crippen molar-refractivity contribution in [3.05, 3.63) is 11.5 Å². The summed E-state index contributed by atoms with van der Waals surface area (Å²) < 4.78 is 0. The van der Waals surface area contributed by atoms with Gasteiger partial charge in [0.2, 0.25) is 5.91 Å². The van der Waals surface area contributed by atoms with Gasteiger partial charge >= 0.3 is 5.97 Å². The maximum atomic E-state index is 11.2. The van der Waals surface area contributed by atoms with Crippen molar-refractivity contribution < 1.29 is 14.7 Å². The Morgan fingerprint density at radius 2 is 2.07 bits per heavy atom. The number of hydrogen-bond acceptors (Lipinski definition) is 3. The van der Waals surface area contributed by atoms with E-state index < -0.39 is 12.0 Å². The van der Waals surface area contributed by atoms with E-state index in [1.54, 1.807) is 5.41 Å². The molecule has 0 heterocycles. The minimum atomic E-state index is -0.991. The Bertz CT molecular complexity index is 251. The number of carbonyl (C=O) groups is 2. The molecule has 1 atom stereocenters. The van der Waals surface area contributed by atoms with Crippen LogP contribution in [0.1, 0.15) is 20.3 Å². The molecule has 0 saturated carbocycles. The fourth-order valence-corrected chi connectivity index (χ4v) is 1.30. The van der Waals surface area contributed by atoms with Crippen LogP contribution in [0.5, 0.6) is 0 Å². The van der Waals surface area contributed by atoms with E-state index >= 15 is 0 Å². The van der Waals surface area contributed by atoms with E-state index in [1.807, 2.05) is 20.1 Å². The Labute approximate surface area is 94.1 Å². The number of hydrogen-bond donors (Lipinski definition) is 2. The molecule has 15 heavy (non-hydrogen) atoms. The lowest BCUT2D eigenvalue weighted by Crippen LogP contribution is -2.40. The summed E-state index contributed by atoms with van der Waals surface area (Å²) in [6.45, 7) is 3.83. The van der Waals surface area contributed by atoms with Crippen molar-refractivity contribution in [2.75, 3.05) is 6.26 Å². The third-order valence-corrected chi connectivity index (χ3v) is 2.09. The Hall–Kier alpha value is -0.970. The van der Waals surface area contributed by atoms with E-state index in [0.717, 1.165) is 0 Å². The number of nitrogens with one attached hydrogen (secondary N) is 1. The second kappa shape index (κ2) is 7.34. The molecule has 0 aromatic rings. The van der Waals surface area contributed by atoms with E-state index in [0.29, 0.717) is 6.42 Å². The normalized spacial score (nSPS) is 13.1. The predicted molar refractivity (Wildman–Crippen MR) is 61.7 cm³/mol. The SMILES string of the molecule is CS/C=C/C(=O)NC(CC(C)C)C(=O)O. The summed E-state index contributed by atoms with van der Waals surface area (Å²) in [5, 5.41) is 12.9. The van der Waals surface area contributed by atoms with Gasteiger partial charge in [0.05, 0.1) is 0 Å². The van der Waals surface area contributed by atoms with Crippen LogP contribution >= 0.6 is 11.8 Å². The number of rotatable bonds is 6. The Morgan fingerprint density at radius 1 is 1.47 bits per heavy atom. The summed E-state index contributed by atoms with van der Waals surface area (Å²) in [6.07, 6.45) is 3.60. The van der Waals surface area contributed by atoms with Crippen LogP contribution in [0.3, 0.4) is 0 Å². The zero-order valence-corrected chi connectivity index (χ0v) is 10.0. The summed E-state index contributed by atoms with van der Waals surface area (Å²) >= 11 is 1.39. The molecule has 5 heteroatoms. The largest absolute Gasteiger partial charge is 0.480 e. The molecule has 0 aliphatic rings. The van der Waals surface area contributed by atoms with Crippen molar-refractivity contribution in [1.29, 1.82) is 0 Å². The van der Waals surface area contributed by atoms with Gasteiger partial charge < -0.3 is 10.4 Å². The number of carboxylic acid groups (broad SMARTS) is 1. The van der Waals surface area contributed by atoms with Gasteiger partial charge in [-0.1, -0.05) is 13.8 Å². The molecule has 0 spiro atoms. The predicted octanol–water partition coefficient (Wildman–Crippen LogP) is 1.48. The molecule has 0 bridgehead atoms. The Morgan fingerprint density at radius 3 is 2.47 bits per heavy atom. The van der Waals surface area contributed by atoms with Gasteiger partial charge in [0.1, 0.15) is 6.04 Å². The van der Waals surface area contributed by atoms with Crippen molar-refractivity contribution in [3.63, 3.8) is 0 Å². The molecule has 0 radical (unpaired) electrons. The van der Waals surface area contributed by atoms with Gasteiger partial charge in [0, 0.05) is 6.08 Å². The second-order valence-electron chi connectivity index (χ2n) is 3.57. The van der Waals surface area contributed by atoms with E-state index in [4.69, 9.17) is 5.11 Å². The maximum absolute atomic E-state index is 11.2. The first-order valence-corrected chi connectivity index (χ1v) is 5.98. The van der Waals surface area contributed by atoms with Crippen LogP contribution in [-0.4, -0.2) is 29.3 Å². The van der Waals surface area contributed by atoms with Crippen LogP contribution in [0.15, 0.2) is 11.5 Å². The van der Waals surface area contributed by atoms with Crippen LogP contribution in [0.2, 0.25) is 0 Å². The van der Waals surface area contributed by atoms with E-state index in [9.17, 15) is 9.59 Å². The first-order valence-electron chi connectivity index (χ1n) is 4.70. The summed E-state index contributed by atoms with van der Waals surface area (Å²) in [5.41, 5.74) is 0. The molecule has 0 aliphatic carbocycles. The number of carboxylic acids is 1. The molecular weight excluding hydrogens is 214 g/mol. The highest BCUT2D eigenvalue weighted by Crippen LogP contribution is 2.05. The standard InChI is InChI=1S/C10H17NO3S/c1-7(2)6-8(10(13)14)11-9(12)4-5-15-3/h4-5,7-8H,6H2,1-3H3,(H,11,12)(H,13,14)/b5-4+. The van der Waals surface area contributed by atoms with Crippen LogP contribution in [0.25, 0.3) is 0 Å². The summed E-state index contributed by atoms with van der Waals surface area (Å²) in [5.74, 6) is -1.12. The minimum Gasteiger partial charge on any atom is -0.480 e. The lowest BCUT2D eigenvalue weighted by atomic mass is 10.0. The van der Waals surface area contributed by atoms with Crippen molar-refractivity contribution in [3.8, 4) is 0 Å². The van der Waals surface area contributed by atoms with E-state index in [1.165, 1.54) is 17.8 Å². The van der Waals surface area contributed by atoms with Gasteiger partial charge in [-0.2, -0.15) is 0 Å². The molecule has 0 aromatic carbocycles. The fourth-order valence-electron chi connectivity index (χ4n) is 1.04. The molecule has 0 aromatic heterocycles. The topological polar surface area (TPSA) is 66.4 Å². The molecular formula is C10H17NO3S. The Balaban J connectivity index is 4.22. The van der Waals surface area contributed by atoms with Crippen molar-refractivity contribution in [2.24, 2.45) is 5.92 Å². The van der Waals surface area contributed by atoms with Crippen molar-refractivity contribution in [1.82, 2.24) is 5.32 Å². The first-order chi connectivity index (χ1) is 6.97. The fraction of sp³-hybridized carbons (Fsp3) is 0.600. The van der Waals surface area contributed by atoms with E-state index in [2.05, 4.69) is 5.32 Å². The lowest BCUT2D eigenvalue weighted by Gasteiger charge is -2.15. The lowest BCUT2D eigenvalue weighted by molar-refractivity contribution is -0.141. The van der Waals surface area contributed by atoms with Gasteiger partial charge in [-0.05, 0) is 24.0 Å². The van der Waals surface area contributed by atoms with Gasteiger partial charge in [-0.25, -0.2) is 4.79 Å². The first kappa shape index (κ1) is 14.0. The highest BCUT2D eigenvalue weighted by Gasteiger charge is 2.19. The molecule has 0 saturated heterocycles. The van der Waals surface area contributed by atoms with Crippen LogP contribution in [-0.2, 0) is 9.59 Å². The Kier molecular flexibility index (Phi) is 6.86. The average Bonchev–Trinajstić information content (AvgIpc) is 2.12. The third-order valence-electron chi connectivity index (χ3n) is 1.68. The molecule has 86 valence electrons. The quantitative estimate of drug-likeness (QED) is 0.679. The van der Waals surface area contributed by atoms with Gasteiger partial charge in [-0.15, -0.1) is 11.8 Å². The van der Waals surface area contributed by atoms with Gasteiger partial charge in [0.15, 0.2) is 0 Å². The van der Waals surface area contributed by atoms with Crippen LogP contribution in [0, 0.1) is 5.92 Å². The third kappa shape index (κ3) is 7.02. The smallest absolute Gasteiger partial charge is 0.326 e. The number of carbonyl (C=O) groups excluding carboxylic acids is 1. The average molecular weight is 231 g/mol. The van der Waals surface area contributed by atoms with Crippen molar-refractivity contribution in [2.45, 2.75) is 26.3 Å². The van der Waals surface area contributed by atoms with E-state index in [-0.39, 0.29) is 11.8 Å². The molecule has 0 aliphatic heterocycles. The summed E-state index contributed by atoms with van der Waals surface area (Å²) in [4.78, 5) is 22.0. The summed E-state index contributed by atoms with van der Waals surface area (Å²) in [6, 6.07) is -0.802. The minimum absolute atomic E-state index is 0.232. The molecule has 4 nitrogen and oxygen atoms in total. The zero-order chi connectivity index (χ0) is 11.8. The molecule has 0 fully saturated rings. The monoisotopic (exact) mass is 231 g/mol. The van der Waals surface area contributed by atoms with Crippen LogP contribution in [0.4, 0.5) is 0 Å². The zero-order valence-electron chi connectivity index (χ0n) is 9.19. The highest BCUT2D eigenvalue weighted by atomic mass is 32.2. The van der Waals surface area contributed by atoms with Crippen LogP contribution < -0.4 is 5.32 Å². The molecule has 1 unspecified atom stereocenters. The molecule has 2 N–H and O–H groups in total. The highest BCUT2D eigenvalue weighted by molar-refractivity contribution is 8.01. The van der Waals surface area contributed by atoms with Gasteiger partial charge in [0.25, 0.3) is 0 Å². The molecule has 0 rings (SSSR count). The summed E-state index contributed by atoms with van der Waals surface area (Å²) in [7, 11) is 0. The second-order valence-corrected chi connectivity index (χ2v) is 4.31. The molecule has 1 amide bonds. The number of amides is 1. The maximum Gasteiger partial charge on any atom is 0.326 e. The number of aliphatic carboxylic acids is 1. The van der Waals surface area contributed by atoms with Crippen molar-refractivity contribution >= 4 is 23.6 Å². The van der Waals surface area contributed by atoms with Gasteiger partial charge in [-0.3, -0.25) is 4.79 Å².